The number of aromatic carboxylic acids is 1. The molecule has 21 heavy (non-hydrogen) atoms. The molecule has 1 aliphatic rings. The van der Waals surface area contributed by atoms with Crippen molar-refractivity contribution in [1.29, 1.82) is 0 Å². The fourth-order valence-corrected chi connectivity index (χ4v) is 2.65. The minimum Gasteiger partial charge on any atom is -0.478 e. The van der Waals surface area contributed by atoms with Gasteiger partial charge in [-0.2, -0.15) is 0 Å². The highest BCUT2D eigenvalue weighted by Gasteiger charge is 2.24. The standard InChI is InChI=1S/C16H14N2O3/c1-9-7-18(10(2)14(9)16(20)21)8-12-11-5-3-4-6-13(11)17-15(12)19/h3-8H,1-2H3,(H,17,19)(H,20,21)/b12-8-. The summed E-state index contributed by atoms with van der Waals surface area (Å²) in [6, 6.07) is 7.42. The minimum absolute atomic E-state index is 0.182. The van der Waals surface area contributed by atoms with Gasteiger partial charge in [0, 0.05) is 29.3 Å². The number of para-hydroxylation sites is 1. The van der Waals surface area contributed by atoms with Crippen molar-refractivity contribution in [2.45, 2.75) is 13.8 Å². The first-order valence-electron chi connectivity index (χ1n) is 6.53. The third-order valence-corrected chi connectivity index (χ3v) is 3.67. The van der Waals surface area contributed by atoms with E-state index in [1.54, 1.807) is 30.8 Å². The number of aromatic nitrogens is 1. The molecule has 0 unspecified atom stereocenters. The van der Waals surface area contributed by atoms with Crippen molar-refractivity contribution < 1.29 is 14.7 Å². The summed E-state index contributed by atoms with van der Waals surface area (Å²) < 4.78 is 1.69. The summed E-state index contributed by atoms with van der Waals surface area (Å²) in [6.45, 7) is 3.47. The van der Waals surface area contributed by atoms with E-state index >= 15 is 0 Å². The van der Waals surface area contributed by atoms with Crippen LogP contribution in [-0.4, -0.2) is 21.6 Å². The summed E-state index contributed by atoms with van der Waals surface area (Å²) >= 11 is 0. The summed E-state index contributed by atoms with van der Waals surface area (Å²) in [5.41, 5.74) is 3.67. The second kappa shape index (κ2) is 4.63. The third-order valence-electron chi connectivity index (χ3n) is 3.67. The molecule has 1 aromatic carbocycles. The van der Waals surface area contributed by atoms with Gasteiger partial charge in [-0.15, -0.1) is 0 Å². The number of hydrogen-bond donors (Lipinski definition) is 2. The molecule has 2 aromatic rings. The second-order valence-corrected chi connectivity index (χ2v) is 5.03. The number of benzene rings is 1. The van der Waals surface area contributed by atoms with Crippen LogP contribution in [0.4, 0.5) is 5.69 Å². The van der Waals surface area contributed by atoms with Crippen LogP contribution in [-0.2, 0) is 4.79 Å². The monoisotopic (exact) mass is 282 g/mol. The Bertz CT molecular complexity index is 800. The lowest BCUT2D eigenvalue weighted by Crippen LogP contribution is -2.05. The van der Waals surface area contributed by atoms with E-state index in [0.29, 0.717) is 16.8 Å². The molecule has 3 rings (SSSR count). The van der Waals surface area contributed by atoms with E-state index in [9.17, 15) is 14.7 Å². The largest absolute Gasteiger partial charge is 0.478 e. The summed E-state index contributed by atoms with van der Waals surface area (Å²) in [6.07, 6.45) is 3.40. The average Bonchev–Trinajstić information content (AvgIpc) is 2.88. The van der Waals surface area contributed by atoms with Gasteiger partial charge in [0.2, 0.25) is 0 Å². The number of nitrogens with one attached hydrogen (secondary N) is 1. The molecule has 0 saturated heterocycles. The maximum atomic E-state index is 12.1. The Morgan fingerprint density at radius 3 is 2.67 bits per heavy atom. The third kappa shape index (κ3) is 2.03. The van der Waals surface area contributed by atoms with Gasteiger partial charge in [0.05, 0.1) is 11.1 Å². The molecule has 0 aliphatic carbocycles. The summed E-state index contributed by atoms with van der Waals surface area (Å²) in [7, 11) is 0. The maximum Gasteiger partial charge on any atom is 0.337 e. The van der Waals surface area contributed by atoms with Gasteiger partial charge in [0.25, 0.3) is 5.91 Å². The molecule has 0 bridgehead atoms. The molecule has 2 N–H and O–H groups in total. The van der Waals surface area contributed by atoms with Crippen LogP contribution < -0.4 is 5.32 Å². The molecule has 2 heterocycles. The van der Waals surface area contributed by atoms with Crippen LogP contribution in [0.5, 0.6) is 0 Å². The Balaban J connectivity index is 2.14. The number of carbonyl (C=O) groups excluding carboxylic acids is 1. The highest BCUT2D eigenvalue weighted by molar-refractivity contribution is 6.34. The van der Waals surface area contributed by atoms with Gasteiger partial charge in [-0.1, -0.05) is 18.2 Å². The number of carboxylic acid groups (broad SMARTS) is 1. The van der Waals surface area contributed by atoms with Crippen molar-refractivity contribution >= 4 is 29.3 Å². The first-order valence-corrected chi connectivity index (χ1v) is 6.53. The molecular formula is C16H14N2O3. The van der Waals surface area contributed by atoms with Gasteiger partial charge < -0.3 is 15.0 Å². The second-order valence-electron chi connectivity index (χ2n) is 5.03. The first-order chi connectivity index (χ1) is 9.99. The van der Waals surface area contributed by atoms with E-state index < -0.39 is 5.97 Å². The Morgan fingerprint density at radius 1 is 1.29 bits per heavy atom. The highest BCUT2D eigenvalue weighted by Crippen LogP contribution is 2.32. The Labute approximate surface area is 121 Å². The molecule has 0 saturated carbocycles. The summed E-state index contributed by atoms with van der Waals surface area (Å²) in [5.74, 6) is -1.14. The van der Waals surface area contributed by atoms with E-state index in [0.717, 1.165) is 11.3 Å². The lowest BCUT2D eigenvalue weighted by molar-refractivity contribution is -0.110. The SMILES string of the molecule is Cc1cn(/C=C2\C(=O)Nc3ccccc32)c(C)c1C(=O)O. The normalized spacial score (nSPS) is 15.1. The van der Waals surface area contributed by atoms with Gasteiger partial charge in [-0.3, -0.25) is 4.79 Å². The highest BCUT2D eigenvalue weighted by atomic mass is 16.4. The van der Waals surface area contributed by atoms with E-state index in [2.05, 4.69) is 5.32 Å². The van der Waals surface area contributed by atoms with Gasteiger partial charge in [-0.25, -0.2) is 4.79 Å². The van der Waals surface area contributed by atoms with E-state index in [4.69, 9.17) is 0 Å². The van der Waals surface area contributed by atoms with Crippen molar-refractivity contribution in [2.75, 3.05) is 5.32 Å². The molecule has 0 spiro atoms. The summed E-state index contributed by atoms with van der Waals surface area (Å²) in [4.78, 5) is 23.3. The quantitative estimate of drug-likeness (QED) is 0.832. The van der Waals surface area contributed by atoms with Gasteiger partial charge >= 0.3 is 5.97 Å². The molecule has 106 valence electrons. The van der Waals surface area contributed by atoms with Gasteiger partial charge in [0.15, 0.2) is 0 Å². The van der Waals surface area contributed by atoms with Crippen LogP contribution in [0.3, 0.4) is 0 Å². The number of carboxylic acids is 1. The van der Waals surface area contributed by atoms with Crippen molar-refractivity contribution in [3.8, 4) is 0 Å². The lowest BCUT2D eigenvalue weighted by Gasteiger charge is -2.02. The van der Waals surface area contributed by atoms with Gasteiger partial charge in [0.1, 0.15) is 0 Å². The number of aryl methyl sites for hydroxylation is 1. The predicted octanol–water partition coefficient (Wildman–Crippen LogP) is 2.75. The zero-order chi connectivity index (χ0) is 15.1. The molecular weight excluding hydrogens is 268 g/mol. The molecule has 0 atom stereocenters. The molecule has 5 heteroatoms. The van der Waals surface area contributed by atoms with Crippen LogP contribution in [0.1, 0.15) is 27.2 Å². The number of hydrogen-bond acceptors (Lipinski definition) is 2. The van der Waals surface area contributed by atoms with E-state index in [1.165, 1.54) is 0 Å². The molecule has 1 amide bonds. The fourth-order valence-electron chi connectivity index (χ4n) is 2.65. The molecule has 5 nitrogen and oxygen atoms in total. The van der Waals surface area contributed by atoms with Crippen LogP contribution >= 0.6 is 0 Å². The van der Waals surface area contributed by atoms with Crippen molar-refractivity contribution in [3.63, 3.8) is 0 Å². The molecule has 0 radical (unpaired) electrons. The molecule has 0 fully saturated rings. The topological polar surface area (TPSA) is 71.3 Å². The number of amides is 1. The zero-order valence-electron chi connectivity index (χ0n) is 11.7. The number of nitrogens with zero attached hydrogens (tertiary/aromatic N) is 1. The van der Waals surface area contributed by atoms with Crippen molar-refractivity contribution in [3.05, 3.63) is 52.8 Å². The van der Waals surface area contributed by atoms with Crippen LogP contribution in [0.15, 0.2) is 30.5 Å². The van der Waals surface area contributed by atoms with Crippen LogP contribution in [0.2, 0.25) is 0 Å². The Kier molecular flexibility index (Phi) is 2.90. The number of anilines is 1. The van der Waals surface area contributed by atoms with Crippen LogP contribution in [0.25, 0.3) is 11.8 Å². The van der Waals surface area contributed by atoms with E-state index in [1.807, 2.05) is 24.3 Å². The lowest BCUT2D eigenvalue weighted by atomic mass is 10.1. The first kappa shape index (κ1) is 13.2. The number of carbonyl (C=O) groups is 2. The minimum atomic E-state index is -0.960. The van der Waals surface area contributed by atoms with Gasteiger partial charge in [-0.05, 0) is 25.5 Å². The maximum absolute atomic E-state index is 12.1. The smallest absolute Gasteiger partial charge is 0.337 e. The Morgan fingerprint density at radius 2 is 2.00 bits per heavy atom. The fraction of sp³-hybridized carbons (Fsp3) is 0.125. The summed E-state index contributed by atoms with van der Waals surface area (Å²) in [5, 5.41) is 12.0. The molecule has 1 aromatic heterocycles. The zero-order valence-corrected chi connectivity index (χ0v) is 11.7. The predicted molar refractivity (Wildman–Crippen MR) is 80.1 cm³/mol. The Hall–Kier alpha value is -2.82. The molecule has 1 aliphatic heterocycles. The van der Waals surface area contributed by atoms with E-state index in [-0.39, 0.29) is 11.5 Å². The van der Waals surface area contributed by atoms with Crippen molar-refractivity contribution in [2.24, 2.45) is 0 Å². The number of fused-ring (bicyclic) bond motifs is 1. The van der Waals surface area contributed by atoms with Crippen molar-refractivity contribution in [1.82, 2.24) is 4.57 Å². The number of rotatable bonds is 2. The van der Waals surface area contributed by atoms with Crippen LogP contribution in [0, 0.1) is 13.8 Å². The average molecular weight is 282 g/mol.